The van der Waals surface area contributed by atoms with Gasteiger partial charge < -0.3 is 14.7 Å². The van der Waals surface area contributed by atoms with Crippen LogP contribution in [0.4, 0.5) is 5.69 Å². The van der Waals surface area contributed by atoms with Gasteiger partial charge in [-0.15, -0.1) is 0 Å². The molecule has 104 valence electrons. The molecule has 19 heavy (non-hydrogen) atoms. The van der Waals surface area contributed by atoms with Gasteiger partial charge in [-0.3, -0.25) is 4.79 Å². The van der Waals surface area contributed by atoms with Crippen molar-refractivity contribution in [1.29, 1.82) is 0 Å². The van der Waals surface area contributed by atoms with Gasteiger partial charge in [0, 0.05) is 13.1 Å². The van der Waals surface area contributed by atoms with Gasteiger partial charge in [-0.1, -0.05) is 13.0 Å². The third-order valence-electron chi connectivity index (χ3n) is 3.81. The lowest BCUT2D eigenvalue weighted by Gasteiger charge is -2.25. The Kier molecular flexibility index (Phi) is 3.69. The number of carboxylic acids is 1. The summed E-state index contributed by atoms with van der Waals surface area (Å²) in [5, 5.41) is 9.00. The molecule has 0 bridgehead atoms. The van der Waals surface area contributed by atoms with E-state index in [0.717, 1.165) is 30.9 Å². The van der Waals surface area contributed by atoms with Crippen molar-refractivity contribution in [2.75, 3.05) is 25.1 Å². The Morgan fingerprint density at radius 3 is 2.89 bits per heavy atom. The molecule has 1 unspecified atom stereocenters. The lowest BCUT2D eigenvalue weighted by Crippen LogP contribution is -2.27. The van der Waals surface area contributed by atoms with Gasteiger partial charge in [-0.2, -0.15) is 0 Å². The molecule has 1 N–H and O–H groups in total. The molecule has 1 fully saturated rings. The summed E-state index contributed by atoms with van der Waals surface area (Å²) in [5.74, 6) is 0.130. The summed E-state index contributed by atoms with van der Waals surface area (Å²) >= 11 is 0. The fourth-order valence-electron chi connectivity index (χ4n) is 2.79. The Labute approximate surface area is 114 Å². The molecule has 4 nitrogen and oxygen atoms in total. The molecule has 1 aliphatic heterocycles. The highest BCUT2D eigenvalue weighted by Gasteiger charge is 2.36. The van der Waals surface area contributed by atoms with Crippen LogP contribution in [0.5, 0.6) is 5.75 Å². The van der Waals surface area contributed by atoms with Crippen LogP contribution < -0.4 is 9.64 Å². The molecule has 1 heterocycles. The molecule has 0 amide bonds. The second-order valence-corrected chi connectivity index (χ2v) is 5.73. The van der Waals surface area contributed by atoms with Crippen molar-refractivity contribution in [3.63, 3.8) is 0 Å². The normalized spacial score (nSPS) is 22.6. The number of nitrogens with zero attached hydrogens (tertiary/aromatic N) is 1. The van der Waals surface area contributed by atoms with Gasteiger partial charge >= 0.3 is 5.97 Å². The van der Waals surface area contributed by atoms with Gasteiger partial charge in [0.05, 0.1) is 19.2 Å². The van der Waals surface area contributed by atoms with Crippen LogP contribution in [0.1, 0.15) is 25.3 Å². The number of carboxylic acid groups (broad SMARTS) is 1. The average molecular weight is 263 g/mol. The van der Waals surface area contributed by atoms with Crippen LogP contribution in [0.2, 0.25) is 0 Å². The third kappa shape index (κ3) is 3.00. The Morgan fingerprint density at radius 1 is 1.53 bits per heavy atom. The van der Waals surface area contributed by atoms with Crippen molar-refractivity contribution in [3.05, 3.63) is 23.8 Å². The maximum absolute atomic E-state index is 10.9. The quantitative estimate of drug-likeness (QED) is 0.907. The molecule has 1 aromatic carbocycles. The molecule has 0 aromatic heterocycles. The number of carbonyl (C=O) groups is 1. The van der Waals surface area contributed by atoms with E-state index < -0.39 is 5.97 Å². The predicted molar refractivity (Wildman–Crippen MR) is 74.9 cm³/mol. The third-order valence-corrected chi connectivity index (χ3v) is 3.81. The second-order valence-electron chi connectivity index (χ2n) is 5.73. The lowest BCUT2D eigenvalue weighted by molar-refractivity contribution is -0.139. The molecular formula is C15H21NO3. The van der Waals surface area contributed by atoms with Crippen molar-refractivity contribution in [3.8, 4) is 5.75 Å². The summed E-state index contributed by atoms with van der Waals surface area (Å²) in [6, 6.07) is 6.09. The zero-order valence-electron chi connectivity index (χ0n) is 11.8. The van der Waals surface area contributed by atoms with E-state index in [2.05, 4.69) is 17.9 Å². The minimum Gasteiger partial charge on any atom is -0.495 e. The molecule has 0 radical (unpaired) electrons. The molecule has 0 aliphatic carbocycles. The fraction of sp³-hybridized carbons (Fsp3) is 0.533. The summed E-state index contributed by atoms with van der Waals surface area (Å²) in [4.78, 5) is 13.2. The second kappa shape index (κ2) is 5.11. The molecule has 1 aromatic rings. The summed E-state index contributed by atoms with van der Waals surface area (Å²) in [7, 11) is 1.67. The van der Waals surface area contributed by atoms with E-state index >= 15 is 0 Å². The number of hydrogen-bond acceptors (Lipinski definition) is 3. The topological polar surface area (TPSA) is 49.8 Å². The van der Waals surface area contributed by atoms with Crippen LogP contribution in [-0.2, 0) is 4.79 Å². The van der Waals surface area contributed by atoms with E-state index in [1.807, 2.05) is 19.1 Å². The number of aryl methyl sites for hydroxylation is 1. The van der Waals surface area contributed by atoms with Crippen molar-refractivity contribution < 1.29 is 14.6 Å². The minimum absolute atomic E-state index is 0.152. The minimum atomic E-state index is -0.722. The molecule has 4 heteroatoms. The first-order valence-electron chi connectivity index (χ1n) is 6.55. The first-order valence-corrected chi connectivity index (χ1v) is 6.55. The Hall–Kier alpha value is -1.71. The van der Waals surface area contributed by atoms with Crippen LogP contribution in [-0.4, -0.2) is 31.3 Å². The average Bonchev–Trinajstić information content (AvgIpc) is 2.70. The Balaban J connectivity index is 2.21. The maximum Gasteiger partial charge on any atom is 0.303 e. The maximum atomic E-state index is 10.9. The van der Waals surface area contributed by atoms with Gasteiger partial charge in [0.15, 0.2) is 0 Å². The smallest absolute Gasteiger partial charge is 0.303 e. The molecular weight excluding hydrogens is 242 g/mol. The van der Waals surface area contributed by atoms with E-state index in [1.54, 1.807) is 7.11 Å². The molecule has 1 aliphatic rings. The van der Waals surface area contributed by atoms with Crippen molar-refractivity contribution in [1.82, 2.24) is 0 Å². The van der Waals surface area contributed by atoms with E-state index in [0.29, 0.717) is 0 Å². The standard InChI is InChI=1S/C15H21NO3/c1-11-4-5-13(19-3)12(8-11)16-7-6-15(2,10-16)9-14(17)18/h4-5,8H,6-7,9-10H2,1-3H3,(H,17,18). The van der Waals surface area contributed by atoms with Crippen LogP contribution in [0.15, 0.2) is 18.2 Å². The molecule has 0 saturated carbocycles. The first kappa shape index (κ1) is 13.7. The fourth-order valence-corrected chi connectivity index (χ4v) is 2.79. The van der Waals surface area contributed by atoms with E-state index in [9.17, 15) is 4.79 Å². The number of anilines is 1. The highest BCUT2D eigenvalue weighted by Crippen LogP contribution is 2.39. The van der Waals surface area contributed by atoms with E-state index in [1.165, 1.54) is 5.56 Å². The zero-order chi connectivity index (χ0) is 14.0. The zero-order valence-corrected chi connectivity index (χ0v) is 11.8. The van der Waals surface area contributed by atoms with Crippen molar-refractivity contribution in [2.24, 2.45) is 5.41 Å². The largest absolute Gasteiger partial charge is 0.495 e. The van der Waals surface area contributed by atoms with Crippen molar-refractivity contribution >= 4 is 11.7 Å². The number of methoxy groups -OCH3 is 1. The van der Waals surface area contributed by atoms with Gasteiger partial charge in [-0.05, 0) is 36.5 Å². The summed E-state index contributed by atoms with van der Waals surface area (Å²) in [6.45, 7) is 5.74. The number of aliphatic carboxylic acids is 1. The van der Waals surface area contributed by atoms with Gasteiger partial charge in [-0.25, -0.2) is 0 Å². The van der Waals surface area contributed by atoms with Crippen molar-refractivity contribution in [2.45, 2.75) is 26.7 Å². The number of benzene rings is 1. The van der Waals surface area contributed by atoms with Gasteiger partial charge in [0.2, 0.25) is 0 Å². The SMILES string of the molecule is COc1ccc(C)cc1N1CCC(C)(CC(=O)O)C1. The highest BCUT2D eigenvalue weighted by molar-refractivity contribution is 5.68. The molecule has 2 rings (SSSR count). The molecule has 1 saturated heterocycles. The number of ether oxygens (including phenoxy) is 1. The van der Waals surface area contributed by atoms with Gasteiger partial charge in [0.25, 0.3) is 0 Å². The molecule has 0 spiro atoms. The Morgan fingerprint density at radius 2 is 2.26 bits per heavy atom. The van der Waals surface area contributed by atoms with Gasteiger partial charge in [0.1, 0.15) is 5.75 Å². The summed E-state index contributed by atoms with van der Waals surface area (Å²) in [6.07, 6.45) is 1.12. The monoisotopic (exact) mass is 263 g/mol. The van der Waals surface area contributed by atoms with E-state index in [4.69, 9.17) is 9.84 Å². The van der Waals surface area contributed by atoms with Crippen LogP contribution in [0, 0.1) is 12.3 Å². The number of hydrogen-bond donors (Lipinski definition) is 1. The highest BCUT2D eigenvalue weighted by atomic mass is 16.5. The lowest BCUT2D eigenvalue weighted by atomic mass is 9.86. The predicted octanol–water partition coefficient (Wildman–Crippen LogP) is 2.69. The summed E-state index contributed by atoms with van der Waals surface area (Å²) < 4.78 is 5.40. The van der Waals surface area contributed by atoms with Crippen LogP contribution in [0.25, 0.3) is 0 Å². The first-order chi connectivity index (χ1) is 8.93. The Bertz CT molecular complexity index is 486. The summed E-state index contributed by atoms with van der Waals surface area (Å²) in [5.41, 5.74) is 2.10. The molecule has 1 atom stereocenters. The van der Waals surface area contributed by atoms with Crippen LogP contribution in [0.3, 0.4) is 0 Å². The van der Waals surface area contributed by atoms with E-state index in [-0.39, 0.29) is 11.8 Å². The number of rotatable bonds is 4. The van der Waals surface area contributed by atoms with Crippen LogP contribution >= 0.6 is 0 Å².